The summed E-state index contributed by atoms with van der Waals surface area (Å²) in [5.74, 6) is -0.642. The average Bonchev–Trinajstić information content (AvgIpc) is 3.47. The molecule has 3 amide bonds. The summed E-state index contributed by atoms with van der Waals surface area (Å²) in [5.41, 5.74) is 0. The highest BCUT2D eigenvalue weighted by Crippen LogP contribution is 2.31. The van der Waals surface area contributed by atoms with Crippen LogP contribution >= 0.6 is 22.9 Å². The van der Waals surface area contributed by atoms with Crippen LogP contribution in [0.2, 0.25) is 5.02 Å². The second-order valence-corrected chi connectivity index (χ2v) is 12.3. The van der Waals surface area contributed by atoms with Gasteiger partial charge in [0.1, 0.15) is 10.3 Å². The fourth-order valence-corrected chi connectivity index (χ4v) is 7.36. The lowest BCUT2D eigenvalue weighted by molar-refractivity contribution is -0.143. The monoisotopic (exact) mass is 540 g/mol. The first-order valence-electron chi connectivity index (χ1n) is 11.7. The van der Waals surface area contributed by atoms with Gasteiger partial charge in [0.05, 0.1) is 6.54 Å². The van der Waals surface area contributed by atoms with E-state index in [0.717, 1.165) is 34.3 Å². The van der Waals surface area contributed by atoms with Crippen molar-refractivity contribution in [1.29, 1.82) is 0 Å². The van der Waals surface area contributed by atoms with Crippen LogP contribution in [0.1, 0.15) is 39.0 Å². The van der Waals surface area contributed by atoms with E-state index >= 15 is 0 Å². The standard InChI is InChI=1S/C23H29ClN4O5S2/c1-2-20(29)25-13-17-5-3-10-28(17)21(30)14-27-9-4-6-18(23(27)31)26-35(32,33)22-12-15-11-16(24)7-8-19(15)34-22/h7-8,11-12,17-18,26H,2-6,9-10,13-14H2,1H3,(H,25,29)/t17-,18-/m0/s1. The molecule has 190 valence electrons. The third-order valence-electron chi connectivity index (χ3n) is 6.43. The Morgan fingerprint density at radius 3 is 2.71 bits per heavy atom. The molecule has 0 bridgehead atoms. The molecule has 0 unspecified atom stereocenters. The quantitative estimate of drug-likeness (QED) is 0.533. The topological polar surface area (TPSA) is 116 Å². The molecule has 1 aromatic carbocycles. The number of nitrogens with one attached hydrogen (secondary N) is 2. The van der Waals surface area contributed by atoms with Gasteiger partial charge in [-0.2, -0.15) is 4.72 Å². The van der Waals surface area contributed by atoms with Gasteiger partial charge < -0.3 is 15.1 Å². The Morgan fingerprint density at radius 1 is 1.17 bits per heavy atom. The lowest BCUT2D eigenvalue weighted by atomic mass is 10.1. The molecule has 2 saturated heterocycles. The molecular formula is C23H29ClN4O5S2. The van der Waals surface area contributed by atoms with Crippen LogP contribution in [0.25, 0.3) is 10.1 Å². The van der Waals surface area contributed by atoms with Gasteiger partial charge in [-0.1, -0.05) is 18.5 Å². The van der Waals surface area contributed by atoms with E-state index in [-0.39, 0.29) is 28.6 Å². The van der Waals surface area contributed by atoms with Crippen LogP contribution in [-0.4, -0.2) is 74.2 Å². The van der Waals surface area contributed by atoms with Crippen molar-refractivity contribution < 1.29 is 22.8 Å². The van der Waals surface area contributed by atoms with Gasteiger partial charge in [-0.25, -0.2) is 8.42 Å². The maximum Gasteiger partial charge on any atom is 0.250 e. The molecule has 2 atom stereocenters. The Hall–Kier alpha value is -2.21. The molecule has 0 spiro atoms. The number of halogens is 1. The number of piperidine rings is 1. The van der Waals surface area contributed by atoms with Crippen molar-refractivity contribution in [2.24, 2.45) is 0 Å². The maximum atomic E-state index is 13.1. The first-order chi connectivity index (χ1) is 16.7. The summed E-state index contributed by atoms with van der Waals surface area (Å²) in [5, 5.41) is 4.08. The van der Waals surface area contributed by atoms with Gasteiger partial charge in [-0.3, -0.25) is 14.4 Å². The Morgan fingerprint density at radius 2 is 1.94 bits per heavy atom. The summed E-state index contributed by atoms with van der Waals surface area (Å²) in [6, 6.07) is 5.70. The van der Waals surface area contributed by atoms with E-state index in [2.05, 4.69) is 10.0 Å². The summed E-state index contributed by atoms with van der Waals surface area (Å²) < 4.78 is 29.5. The molecule has 2 N–H and O–H groups in total. The van der Waals surface area contributed by atoms with Gasteiger partial charge in [-0.15, -0.1) is 11.3 Å². The molecule has 35 heavy (non-hydrogen) atoms. The number of benzene rings is 1. The number of rotatable bonds is 8. The number of fused-ring (bicyclic) bond motifs is 1. The number of amides is 3. The highest BCUT2D eigenvalue weighted by atomic mass is 35.5. The van der Waals surface area contributed by atoms with Crippen molar-refractivity contribution in [2.45, 2.75) is 55.3 Å². The zero-order valence-corrected chi connectivity index (χ0v) is 21.8. The fourth-order valence-electron chi connectivity index (χ4n) is 4.56. The van der Waals surface area contributed by atoms with Crippen LogP contribution in [0.15, 0.2) is 28.5 Å². The summed E-state index contributed by atoms with van der Waals surface area (Å²) in [7, 11) is -3.92. The first kappa shape index (κ1) is 25.9. The van der Waals surface area contributed by atoms with Gasteiger partial charge in [0.15, 0.2) is 0 Å². The minimum absolute atomic E-state index is 0.0626. The fraction of sp³-hybridized carbons (Fsp3) is 0.522. The number of sulfonamides is 1. The molecule has 9 nitrogen and oxygen atoms in total. The Kier molecular flexibility index (Phi) is 7.99. The smallest absolute Gasteiger partial charge is 0.250 e. The van der Waals surface area contributed by atoms with Crippen molar-refractivity contribution >= 4 is 60.8 Å². The summed E-state index contributed by atoms with van der Waals surface area (Å²) in [6.45, 7) is 3.05. The molecule has 2 aromatic rings. The number of nitrogens with zero attached hydrogens (tertiary/aromatic N) is 2. The first-order valence-corrected chi connectivity index (χ1v) is 14.4. The summed E-state index contributed by atoms with van der Waals surface area (Å²) in [6.07, 6.45) is 2.98. The van der Waals surface area contributed by atoms with Crippen molar-refractivity contribution in [1.82, 2.24) is 19.8 Å². The Bertz CT molecular complexity index is 1230. The van der Waals surface area contributed by atoms with Crippen LogP contribution in [0, 0.1) is 0 Å². The Labute approximate surface area is 213 Å². The van der Waals surface area contributed by atoms with Gasteiger partial charge in [-0.05, 0) is 55.3 Å². The van der Waals surface area contributed by atoms with E-state index in [9.17, 15) is 22.8 Å². The zero-order chi connectivity index (χ0) is 25.2. The van der Waals surface area contributed by atoms with Crippen molar-refractivity contribution in [3.8, 4) is 0 Å². The van der Waals surface area contributed by atoms with Crippen LogP contribution in [0.3, 0.4) is 0 Å². The van der Waals surface area contributed by atoms with E-state index in [1.807, 2.05) is 0 Å². The van der Waals surface area contributed by atoms with E-state index in [4.69, 9.17) is 11.6 Å². The molecule has 2 aliphatic rings. The van der Waals surface area contributed by atoms with Crippen LogP contribution < -0.4 is 10.0 Å². The van der Waals surface area contributed by atoms with Gasteiger partial charge in [0, 0.05) is 41.8 Å². The number of thiophene rings is 1. The minimum Gasteiger partial charge on any atom is -0.354 e. The summed E-state index contributed by atoms with van der Waals surface area (Å²) in [4.78, 5) is 40.8. The van der Waals surface area contributed by atoms with E-state index in [1.54, 1.807) is 36.1 Å². The zero-order valence-electron chi connectivity index (χ0n) is 19.5. The van der Waals surface area contributed by atoms with E-state index in [0.29, 0.717) is 43.9 Å². The summed E-state index contributed by atoms with van der Waals surface area (Å²) >= 11 is 7.12. The van der Waals surface area contributed by atoms with Gasteiger partial charge >= 0.3 is 0 Å². The third kappa shape index (κ3) is 5.96. The normalized spacial score (nSPS) is 21.0. The van der Waals surface area contributed by atoms with Crippen molar-refractivity contribution in [2.75, 3.05) is 26.2 Å². The van der Waals surface area contributed by atoms with Crippen LogP contribution in [0.4, 0.5) is 0 Å². The molecule has 3 heterocycles. The number of hydrogen-bond acceptors (Lipinski definition) is 6. The maximum absolute atomic E-state index is 13.1. The second-order valence-electron chi connectivity index (χ2n) is 8.86. The predicted molar refractivity (Wildman–Crippen MR) is 135 cm³/mol. The highest BCUT2D eigenvalue weighted by Gasteiger charge is 2.36. The lowest BCUT2D eigenvalue weighted by Crippen LogP contribution is -2.55. The second kappa shape index (κ2) is 10.8. The minimum atomic E-state index is -3.92. The largest absolute Gasteiger partial charge is 0.354 e. The Balaban J connectivity index is 1.39. The number of likely N-dealkylation sites (tertiary alicyclic amines) is 2. The number of carbonyl (C=O) groups is 3. The number of hydrogen-bond donors (Lipinski definition) is 2. The molecule has 0 radical (unpaired) electrons. The van der Waals surface area contributed by atoms with E-state index in [1.165, 1.54) is 4.90 Å². The molecule has 4 rings (SSSR count). The van der Waals surface area contributed by atoms with Gasteiger partial charge in [0.25, 0.3) is 10.0 Å². The molecule has 1 aromatic heterocycles. The molecule has 2 aliphatic heterocycles. The molecule has 0 saturated carbocycles. The molecule has 0 aliphatic carbocycles. The van der Waals surface area contributed by atoms with Gasteiger partial charge in [0.2, 0.25) is 17.7 Å². The molecular weight excluding hydrogens is 512 g/mol. The van der Waals surface area contributed by atoms with E-state index < -0.39 is 22.0 Å². The average molecular weight is 541 g/mol. The molecule has 12 heteroatoms. The molecule has 2 fully saturated rings. The lowest BCUT2D eigenvalue weighted by Gasteiger charge is -2.34. The van der Waals surface area contributed by atoms with Crippen LogP contribution in [0.5, 0.6) is 0 Å². The van der Waals surface area contributed by atoms with Crippen molar-refractivity contribution in [3.63, 3.8) is 0 Å². The highest BCUT2D eigenvalue weighted by molar-refractivity contribution is 7.91. The van der Waals surface area contributed by atoms with Crippen LogP contribution in [-0.2, 0) is 24.4 Å². The third-order valence-corrected chi connectivity index (χ3v) is 9.72. The predicted octanol–water partition coefficient (Wildman–Crippen LogP) is 2.34. The van der Waals surface area contributed by atoms with Crippen molar-refractivity contribution in [3.05, 3.63) is 29.3 Å². The SMILES string of the molecule is CCC(=O)NC[C@@H]1CCCN1C(=O)CN1CCC[C@H](NS(=O)(=O)c2cc3cc(Cl)ccc3s2)C1=O. The number of carbonyl (C=O) groups excluding carboxylic acids is 3.